The van der Waals surface area contributed by atoms with Gasteiger partial charge in [0.2, 0.25) is 0 Å². The first-order valence-corrected chi connectivity index (χ1v) is 6.58. The van der Waals surface area contributed by atoms with Crippen molar-refractivity contribution in [1.29, 1.82) is 0 Å². The molecule has 2 rings (SSSR count). The van der Waals surface area contributed by atoms with Crippen LogP contribution in [0, 0.1) is 5.41 Å². The van der Waals surface area contributed by atoms with Crippen molar-refractivity contribution >= 4 is 28.8 Å². The van der Waals surface area contributed by atoms with E-state index < -0.39 is 0 Å². The molecule has 1 aromatic rings. The molecule has 1 aliphatic carbocycles. The number of thiophene rings is 1. The zero-order valence-corrected chi connectivity index (χ0v) is 10.5. The predicted molar refractivity (Wildman–Crippen MR) is 67.0 cm³/mol. The molecule has 0 unspecified atom stereocenters. The van der Waals surface area contributed by atoms with Crippen molar-refractivity contribution in [3.63, 3.8) is 0 Å². The fourth-order valence-electron chi connectivity index (χ4n) is 1.92. The number of rotatable bonds is 4. The Morgan fingerprint density at radius 3 is 2.75 bits per heavy atom. The summed E-state index contributed by atoms with van der Waals surface area (Å²) in [4.78, 5) is 12.4. The second-order valence-corrected chi connectivity index (χ2v) is 6.06. The smallest absolute Gasteiger partial charge is 0.261 e. The summed E-state index contributed by atoms with van der Waals surface area (Å²) in [5, 5.41) is 2.94. The Hall–Kier alpha value is -0.580. The average molecular weight is 259 g/mol. The molecular weight excluding hydrogens is 244 g/mol. The van der Waals surface area contributed by atoms with Gasteiger partial charge in [-0.15, -0.1) is 11.3 Å². The minimum absolute atomic E-state index is 0.0448. The van der Waals surface area contributed by atoms with Crippen molar-refractivity contribution < 1.29 is 4.79 Å². The second kappa shape index (κ2) is 4.73. The van der Waals surface area contributed by atoms with Crippen LogP contribution in [0.4, 0.5) is 0 Å². The molecule has 0 bridgehead atoms. The minimum atomic E-state index is -0.0448. The number of nitrogens with one attached hydrogen (secondary N) is 1. The van der Waals surface area contributed by atoms with Gasteiger partial charge in [-0.05, 0) is 36.9 Å². The summed E-state index contributed by atoms with van der Waals surface area (Å²) < 4.78 is 0.641. The Kier molecular flexibility index (Phi) is 3.52. The van der Waals surface area contributed by atoms with Crippen LogP contribution in [0.5, 0.6) is 0 Å². The third-order valence-electron chi connectivity index (χ3n) is 3.27. The first kappa shape index (κ1) is 11.9. The molecule has 1 saturated carbocycles. The fourth-order valence-corrected chi connectivity index (χ4v) is 2.88. The number of nitrogens with two attached hydrogens (primary N) is 1. The summed E-state index contributed by atoms with van der Waals surface area (Å²) in [5.74, 6) is -0.0448. The predicted octanol–water partition coefficient (Wildman–Crippen LogP) is 2.26. The molecule has 0 spiro atoms. The third kappa shape index (κ3) is 2.39. The molecule has 3 N–H and O–H groups in total. The van der Waals surface area contributed by atoms with Crippen LogP contribution in [0.25, 0.3) is 0 Å². The maximum Gasteiger partial charge on any atom is 0.261 e. The zero-order valence-electron chi connectivity index (χ0n) is 8.96. The lowest BCUT2D eigenvalue weighted by Gasteiger charge is -2.40. The highest BCUT2D eigenvalue weighted by Crippen LogP contribution is 2.39. The van der Waals surface area contributed by atoms with Gasteiger partial charge in [0.1, 0.15) is 0 Å². The maximum absolute atomic E-state index is 11.8. The van der Waals surface area contributed by atoms with E-state index in [0.717, 1.165) is 12.8 Å². The Morgan fingerprint density at radius 2 is 2.31 bits per heavy atom. The maximum atomic E-state index is 11.8. The molecule has 88 valence electrons. The molecular formula is C11H15ClN2OS. The largest absolute Gasteiger partial charge is 0.351 e. The van der Waals surface area contributed by atoms with Gasteiger partial charge in [0.25, 0.3) is 5.91 Å². The van der Waals surface area contributed by atoms with Crippen LogP contribution >= 0.6 is 22.9 Å². The molecule has 0 radical (unpaired) electrons. The summed E-state index contributed by atoms with van der Waals surface area (Å²) in [6, 6.07) is 3.49. The standard InChI is InChI=1S/C11H15ClN2OS/c12-9-3-2-8(16-9)10(15)14-7-11(6-13)4-1-5-11/h2-3H,1,4-7,13H2,(H,14,15). The monoisotopic (exact) mass is 258 g/mol. The molecule has 1 fully saturated rings. The Labute approximate surface area is 104 Å². The molecule has 1 aliphatic rings. The SMILES string of the molecule is NCC1(CNC(=O)c2ccc(Cl)s2)CCC1. The van der Waals surface area contributed by atoms with Crippen molar-refractivity contribution in [2.45, 2.75) is 19.3 Å². The number of hydrogen-bond acceptors (Lipinski definition) is 3. The quantitative estimate of drug-likeness (QED) is 0.871. The minimum Gasteiger partial charge on any atom is -0.351 e. The van der Waals surface area contributed by atoms with E-state index in [-0.39, 0.29) is 11.3 Å². The van der Waals surface area contributed by atoms with Gasteiger partial charge < -0.3 is 11.1 Å². The van der Waals surface area contributed by atoms with Crippen molar-refractivity contribution in [2.75, 3.05) is 13.1 Å². The van der Waals surface area contributed by atoms with Gasteiger partial charge in [0.15, 0.2) is 0 Å². The van der Waals surface area contributed by atoms with Gasteiger partial charge in [-0.25, -0.2) is 0 Å². The molecule has 1 amide bonds. The van der Waals surface area contributed by atoms with Crippen molar-refractivity contribution in [1.82, 2.24) is 5.32 Å². The lowest BCUT2D eigenvalue weighted by Crippen LogP contribution is -2.46. The molecule has 0 aromatic carbocycles. The van der Waals surface area contributed by atoms with Gasteiger partial charge >= 0.3 is 0 Å². The van der Waals surface area contributed by atoms with Crippen molar-refractivity contribution in [2.24, 2.45) is 11.1 Å². The van der Waals surface area contributed by atoms with Gasteiger partial charge in [0, 0.05) is 6.54 Å². The fraction of sp³-hybridized carbons (Fsp3) is 0.545. The topological polar surface area (TPSA) is 55.1 Å². The summed E-state index contributed by atoms with van der Waals surface area (Å²) >= 11 is 7.08. The van der Waals surface area contributed by atoms with E-state index >= 15 is 0 Å². The second-order valence-electron chi connectivity index (χ2n) is 4.34. The molecule has 0 saturated heterocycles. The first-order valence-electron chi connectivity index (χ1n) is 5.39. The highest BCUT2D eigenvalue weighted by atomic mass is 35.5. The van der Waals surface area contributed by atoms with Crippen molar-refractivity contribution in [3.05, 3.63) is 21.3 Å². The van der Waals surface area contributed by atoms with Crippen LogP contribution in [0.1, 0.15) is 28.9 Å². The van der Waals surface area contributed by atoms with Crippen LogP contribution in [0.3, 0.4) is 0 Å². The number of amides is 1. The van der Waals surface area contributed by atoms with Crippen LogP contribution in [0.2, 0.25) is 4.34 Å². The highest BCUT2D eigenvalue weighted by molar-refractivity contribution is 7.17. The van der Waals surface area contributed by atoms with Crippen LogP contribution in [-0.2, 0) is 0 Å². The summed E-state index contributed by atoms with van der Waals surface area (Å²) in [6.45, 7) is 1.33. The van der Waals surface area contributed by atoms with Crippen LogP contribution in [-0.4, -0.2) is 19.0 Å². The van der Waals surface area contributed by atoms with E-state index in [1.807, 2.05) is 0 Å². The zero-order chi connectivity index (χ0) is 11.6. The van der Waals surface area contributed by atoms with Crippen molar-refractivity contribution in [3.8, 4) is 0 Å². The molecule has 3 nitrogen and oxygen atoms in total. The van der Waals surface area contributed by atoms with Gasteiger partial charge in [0.05, 0.1) is 9.21 Å². The number of hydrogen-bond donors (Lipinski definition) is 2. The van der Waals surface area contributed by atoms with E-state index in [4.69, 9.17) is 17.3 Å². The molecule has 0 atom stereocenters. The third-order valence-corrected chi connectivity index (χ3v) is 4.50. The van der Waals surface area contributed by atoms with Crippen LogP contribution < -0.4 is 11.1 Å². The summed E-state index contributed by atoms with van der Waals surface area (Å²) in [5.41, 5.74) is 5.88. The van der Waals surface area contributed by atoms with Gasteiger partial charge in [-0.3, -0.25) is 4.79 Å². The molecule has 5 heteroatoms. The molecule has 0 aliphatic heterocycles. The number of carbonyl (C=O) groups excluding carboxylic acids is 1. The Bertz CT molecular complexity index is 382. The van der Waals surface area contributed by atoms with E-state index in [0.29, 0.717) is 22.3 Å². The number of carbonyl (C=O) groups is 1. The molecule has 1 aromatic heterocycles. The normalized spacial score (nSPS) is 17.9. The molecule has 1 heterocycles. The first-order chi connectivity index (χ1) is 7.65. The van der Waals surface area contributed by atoms with E-state index in [2.05, 4.69) is 5.32 Å². The summed E-state index contributed by atoms with van der Waals surface area (Å²) in [6.07, 6.45) is 3.46. The number of halogens is 1. The average Bonchev–Trinajstić information content (AvgIpc) is 2.64. The Morgan fingerprint density at radius 1 is 1.56 bits per heavy atom. The van der Waals surface area contributed by atoms with Crippen LogP contribution in [0.15, 0.2) is 12.1 Å². The van der Waals surface area contributed by atoms with Gasteiger partial charge in [-0.2, -0.15) is 0 Å². The van der Waals surface area contributed by atoms with Gasteiger partial charge in [-0.1, -0.05) is 18.0 Å². The molecule has 16 heavy (non-hydrogen) atoms. The van der Waals surface area contributed by atoms with E-state index in [9.17, 15) is 4.79 Å². The highest BCUT2D eigenvalue weighted by Gasteiger charge is 2.35. The summed E-state index contributed by atoms with van der Waals surface area (Å²) in [7, 11) is 0. The Balaban J connectivity index is 1.88. The van der Waals surface area contributed by atoms with E-state index in [1.54, 1.807) is 12.1 Å². The lowest BCUT2D eigenvalue weighted by molar-refractivity contribution is 0.0880. The lowest BCUT2D eigenvalue weighted by atomic mass is 9.69. The van der Waals surface area contributed by atoms with E-state index in [1.165, 1.54) is 17.8 Å².